The molecule has 1 aromatic carbocycles. The SMILES string of the molecule is c1cc(OCC2CC2)cc(Oc2ccc(CC3CCC3)nc2)c1. The summed E-state index contributed by atoms with van der Waals surface area (Å²) in [6, 6.07) is 11.9. The van der Waals surface area contributed by atoms with Crippen molar-refractivity contribution in [2.24, 2.45) is 11.8 Å². The first-order valence-corrected chi connectivity index (χ1v) is 8.71. The van der Waals surface area contributed by atoms with E-state index in [9.17, 15) is 0 Å². The van der Waals surface area contributed by atoms with Crippen molar-refractivity contribution in [2.45, 2.75) is 38.5 Å². The Balaban J connectivity index is 1.35. The van der Waals surface area contributed by atoms with E-state index in [1.54, 1.807) is 0 Å². The third kappa shape index (κ3) is 4.04. The lowest BCUT2D eigenvalue weighted by atomic mass is 9.82. The lowest BCUT2D eigenvalue weighted by Gasteiger charge is -2.24. The lowest BCUT2D eigenvalue weighted by molar-refractivity contribution is 0.298. The van der Waals surface area contributed by atoms with Gasteiger partial charge >= 0.3 is 0 Å². The summed E-state index contributed by atoms with van der Waals surface area (Å²) in [5.74, 6) is 4.05. The largest absolute Gasteiger partial charge is 0.493 e. The molecule has 3 nitrogen and oxygen atoms in total. The minimum Gasteiger partial charge on any atom is -0.493 e. The van der Waals surface area contributed by atoms with Gasteiger partial charge in [0.2, 0.25) is 0 Å². The van der Waals surface area contributed by atoms with Gasteiger partial charge in [0, 0.05) is 11.8 Å². The van der Waals surface area contributed by atoms with E-state index in [-0.39, 0.29) is 0 Å². The summed E-state index contributed by atoms with van der Waals surface area (Å²) >= 11 is 0. The molecule has 2 saturated carbocycles. The van der Waals surface area contributed by atoms with Gasteiger partial charge < -0.3 is 9.47 Å². The summed E-state index contributed by atoms with van der Waals surface area (Å²) in [5.41, 5.74) is 1.17. The van der Waals surface area contributed by atoms with Crippen molar-refractivity contribution in [2.75, 3.05) is 6.61 Å². The maximum Gasteiger partial charge on any atom is 0.145 e. The molecule has 23 heavy (non-hydrogen) atoms. The smallest absolute Gasteiger partial charge is 0.145 e. The Morgan fingerprint density at radius 1 is 0.913 bits per heavy atom. The first kappa shape index (κ1) is 14.6. The highest BCUT2D eigenvalue weighted by Crippen LogP contribution is 2.31. The van der Waals surface area contributed by atoms with Crippen LogP contribution in [0.5, 0.6) is 17.2 Å². The van der Waals surface area contributed by atoms with Crippen LogP contribution in [-0.4, -0.2) is 11.6 Å². The molecule has 2 fully saturated rings. The predicted octanol–water partition coefficient (Wildman–Crippen LogP) is 5.01. The van der Waals surface area contributed by atoms with Crippen molar-refractivity contribution < 1.29 is 9.47 Å². The van der Waals surface area contributed by atoms with Gasteiger partial charge in [-0.15, -0.1) is 0 Å². The van der Waals surface area contributed by atoms with Crippen molar-refractivity contribution >= 4 is 0 Å². The molecule has 2 aliphatic rings. The predicted molar refractivity (Wildman–Crippen MR) is 90.0 cm³/mol. The van der Waals surface area contributed by atoms with E-state index >= 15 is 0 Å². The van der Waals surface area contributed by atoms with Gasteiger partial charge in [0.25, 0.3) is 0 Å². The standard InChI is InChI=1S/C20H23NO2/c1-3-15(4-1)11-17-9-10-20(13-21-17)23-19-6-2-5-18(12-19)22-14-16-7-8-16/h2,5-6,9-10,12-13,15-16H,1,3-4,7-8,11,14H2. The van der Waals surface area contributed by atoms with Gasteiger partial charge in [0.15, 0.2) is 0 Å². The van der Waals surface area contributed by atoms with Crippen LogP contribution in [0.3, 0.4) is 0 Å². The summed E-state index contributed by atoms with van der Waals surface area (Å²) in [5, 5.41) is 0. The van der Waals surface area contributed by atoms with Gasteiger partial charge in [-0.3, -0.25) is 4.98 Å². The van der Waals surface area contributed by atoms with Crippen LogP contribution in [0.1, 0.15) is 37.8 Å². The van der Waals surface area contributed by atoms with Crippen LogP contribution in [0, 0.1) is 11.8 Å². The Bertz CT molecular complexity index is 645. The lowest BCUT2D eigenvalue weighted by Crippen LogP contribution is -2.14. The van der Waals surface area contributed by atoms with Crippen molar-refractivity contribution in [3.8, 4) is 17.2 Å². The summed E-state index contributed by atoms with van der Waals surface area (Å²) in [7, 11) is 0. The van der Waals surface area contributed by atoms with Crippen LogP contribution in [0.15, 0.2) is 42.6 Å². The minimum absolute atomic E-state index is 0.756. The van der Waals surface area contributed by atoms with Crippen LogP contribution in [-0.2, 0) is 6.42 Å². The fraction of sp³-hybridized carbons (Fsp3) is 0.450. The average Bonchev–Trinajstić information content (AvgIpc) is 3.35. The Labute approximate surface area is 137 Å². The molecule has 0 amide bonds. The second-order valence-electron chi connectivity index (χ2n) is 6.82. The van der Waals surface area contributed by atoms with E-state index < -0.39 is 0 Å². The van der Waals surface area contributed by atoms with Gasteiger partial charge in [-0.1, -0.05) is 25.3 Å². The molecule has 1 aromatic heterocycles. The highest BCUT2D eigenvalue weighted by Gasteiger charge is 2.22. The van der Waals surface area contributed by atoms with Crippen molar-refractivity contribution in [1.29, 1.82) is 0 Å². The molecular weight excluding hydrogens is 286 g/mol. The third-order valence-corrected chi connectivity index (χ3v) is 4.74. The van der Waals surface area contributed by atoms with E-state index in [2.05, 4.69) is 11.1 Å². The minimum atomic E-state index is 0.756. The van der Waals surface area contributed by atoms with Crippen LogP contribution in [0.4, 0.5) is 0 Å². The second kappa shape index (κ2) is 6.61. The molecule has 4 rings (SSSR count). The highest BCUT2D eigenvalue weighted by molar-refractivity contribution is 5.36. The van der Waals surface area contributed by atoms with E-state index in [1.165, 1.54) is 37.8 Å². The summed E-state index contributed by atoms with van der Waals surface area (Å²) in [6.45, 7) is 0.820. The van der Waals surface area contributed by atoms with Gasteiger partial charge in [0.05, 0.1) is 12.8 Å². The van der Waals surface area contributed by atoms with Crippen molar-refractivity contribution in [1.82, 2.24) is 4.98 Å². The van der Waals surface area contributed by atoms with E-state index in [0.29, 0.717) is 0 Å². The number of benzene rings is 1. The molecule has 1 heterocycles. The summed E-state index contributed by atoms with van der Waals surface area (Å²) in [4.78, 5) is 4.53. The Morgan fingerprint density at radius 2 is 1.78 bits per heavy atom. The van der Waals surface area contributed by atoms with E-state index in [0.717, 1.165) is 42.1 Å². The molecule has 0 saturated heterocycles. The van der Waals surface area contributed by atoms with Gasteiger partial charge in [-0.05, 0) is 55.4 Å². The van der Waals surface area contributed by atoms with E-state index in [4.69, 9.17) is 9.47 Å². The summed E-state index contributed by atoms with van der Waals surface area (Å²) in [6.07, 6.45) is 9.62. The number of aromatic nitrogens is 1. The number of nitrogens with zero attached hydrogens (tertiary/aromatic N) is 1. The highest BCUT2D eigenvalue weighted by atomic mass is 16.5. The maximum atomic E-state index is 5.90. The number of hydrogen-bond acceptors (Lipinski definition) is 3. The molecule has 0 bridgehead atoms. The number of pyridine rings is 1. The maximum absolute atomic E-state index is 5.90. The quantitative estimate of drug-likeness (QED) is 0.721. The van der Waals surface area contributed by atoms with Gasteiger partial charge in [-0.25, -0.2) is 0 Å². The zero-order valence-corrected chi connectivity index (χ0v) is 13.4. The number of rotatable bonds is 7. The van der Waals surface area contributed by atoms with Crippen LogP contribution >= 0.6 is 0 Å². The fourth-order valence-corrected chi connectivity index (χ4v) is 2.85. The Hall–Kier alpha value is -2.03. The first-order chi connectivity index (χ1) is 11.3. The normalized spacial score (nSPS) is 17.6. The van der Waals surface area contributed by atoms with Crippen molar-refractivity contribution in [3.63, 3.8) is 0 Å². The molecule has 0 N–H and O–H groups in total. The molecule has 0 atom stereocenters. The molecule has 3 heteroatoms. The molecule has 2 aliphatic carbocycles. The molecular formula is C20H23NO2. The molecule has 0 radical (unpaired) electrons. The van der Waals surface area contributed by atoms with Crippen LogP contribution in [0.2, 0.25) is 0 Å². The zero-order chi connectivity index (χ0) is 15.5. The van der Waals surface area contributed by atoms with Crippen LogP contribution < -0.4 is 9.47 Å². The first-order valence-electron chi connectivity index (χ1n) is 8.71. The molecule has 2 aromatic rings. The molecule has 120 valence electrons. The second-order valence-corrected chi connectivity index (χ2v) is 6.82. The average molecular weight is 309 g/mol. The molecule has 0 aliphatic heterocycles. The Morgan fingerprint density at radius 3 is 2.48 bits per heavy atom. The zero-order valence-electron chi connectivity index (χ0n) is 13.4. The summed E-state index contributed by atoms with van der Waals surface area (Å²) < 4.78 is 11.7. The van der Waals surface area contributed by atoms with Crippen molar-refractivity contribution in [3.05, 3.63) is 48.3 Å². The third-order valence-electron chi connectivity index (χ3n) is 4.74. The van der Waals surface area contributed by atoms with Crippen LogP contribution in [0.25, 0.3) is 0 Å². The fourth-order valence-electron chi connectivity index (χ4n) is 2.85. The monoisotopic (exact) mass is 309 g/mol. The number of hydrogen-bond donors (Lipinski definition) is 0. The van der Waals surface area contributed by atoms with Gasteiger partial charge in [-0.2, -0.15) is 0 Å². The molecule has 0 spiro atoms. The topological polar surface area (TPSA) is 31.4 Å². The Kier molecular flexibility index (Phi) is 4.18. The number of ether oxygens (including phenoxy) is 2. The van der Waals surface area contributed by atoms with Gasteiger partial charge in [0.1, 0.15) is 17.2 Å². The molecule has 0 unspecified atom stereocenters. The van der Waals surface area contributed by atoms with E-state index in [1.807, 2.05) is 36.5 Å².